The lowest BCUT2D eigenvalue weighted by atomic mass is 10.3. The number of hydrogen-bond donors (Lipinski definition) is 0. The Kier molecular flexibility index (Phi) is 4.29. The summed E-state index contributed by atoms with van der Waals surface area (Å²) < 4.78 is 57.8. The molecule has 0 N–H and O–H groups in total. The van der Waals surface area contributed by atoms with Crippen molar-refractivity contribution in [2.24, 2.45) is 0 Å². The highest BCUT2D eigenvalue weighted by Gasteiger charge is 2.32. The molecule has 0 unspecified atom stereocenters. The van der Waals surface area contributed by atoms with Crippen LogP contribution in [0.1, 0.15) is 10.4 Å². The highest BCUT2D eigenvalue weighted by Crippen LogP contribution is 2.25. The number of halogens is 4. The molecule has 0 aliphatic rings. The van der Waals surface area contributed by atoms with Gasteiger partial charge in [0.05, 0.1) is 5.56 Å². The molecule has 0 fully saturated rings. The second kappa shape index (κ2) is 5.06. The summed E-state index contributed by atoms with van der Waals surface area (Å²) in [5, 5.41) is 1.14. The quantitative estimate of drug-likeness (QED) is 0.803. The molecular weight excluding hydrogens is 315 g/mol. The number of nitrogens with zero attached hydrogens (tertiary/aromatic N) is 1. The van der Waals surface area contributed by atoms with E-state index in [2.05, 4.69) is 0 Å². The fourth-order valence-corrected chi connectivity index (χ4v) is 3.06. The lowest BCUT2D eigenvalue weighted by molar-refractivity contribution is -0.138. The number of carbonyl (C=O) groups excluding carboxylic acids is 1. The zero-order valence-electron chi connectivity index (χ0n) is 8.86. The van der Waals surface area contributed by atoms with Crippen molar-refractivity contribution in [3.05, 3.63) is 17.0 Å². The van der Waals surface area contributed by atoms with E-state index in [1.165, 1.54) is 0 Å². The SMILES string of the molecule is CN(CC(F)(F)F)C(=O)c1csc(S(=O)(=O)Cl)c1. The summed E-state index contributed by atoms with van der Waals surface area (Å²) in [5.74, 6) is -0.921. The fourth-order valence-electron chi connectivity index (χ4n) is 1.12. The molecule has 1 aromatic heterocycles. The molecule has 0 aliphatic carbocycles. The average molecular weight is 322 g/mol. The first-order valence-corrected chi connectivity index (χ1v) is 7.55. The highest BCUT2D eigenvalue weighted by atomic mass is 35.7. The average Bonchev–Trinajstić information content (AvgIpc) is 2.61. The van der Waals surface area contributed by atoms with Crippen LogP contribution in [0.3, 0.4) is 0 Å². The summed E-state index contributed by atoms with van der Waals surface area (Å²) in [5.41, 5.74) is -0.147. The molecule has 0 atom stereocenters. The van der Waals surface area contributed by atoms with Crippen LogP contribution in [0.4, 0.5) is 13.2 Å². The van der Waals surface area contributed by atoms with Crippen molar-refractivity contribution in [3.8, 4) is 0 Å². The smallest absolute Gasteiger partial charge is 0.333 e. The van der Waals surface area contributed by atoms with Gasteiger partial charge in [-0.2, -0.15) is 13.2 Å². The number of carbonyl (C=O) groups is 1. The fraction of sp³-hybridized carbons (Fsp3) is 0.375. The summed E-state index contributed by atoms with van der Waals surface area (Å²) in [6.07, 6.45) is -4.51. The first-order valence-electron chi connectivity index (χ1n) is 4.36. The third kappa shape index (κ3) is 4.14. The van der Waals surface area contributed by atoms with Crippen LogP contribution in [-0.2, 0) is 9.05 Å². The lowest BCUT2D eigenvalue weighted by Gasteiger charge is -2.18. The Balaban J connectivity index is 2.89. The van der Waals surface area contributed by atoms with Crippen molar-refractivity contribution in [2.45, 2.75) is 10.4 Å². The zero-order chi connectivity index (χ0) is 14.1. The van der Waals surface area contributed by atoms with Crippen LogP contribution in [0, 0.1) is 0 Å². The molecule has 0 saturated heterocycles. The molecule has 1 rings (SSSR count). The van der Waals surface area contributed by atoms with Gasteiger partial charge in [-0.1, -0.05) is 0 Å². The van der Waals surface area contributed by atoms with Gasteiger partial charge in [-0.25, -0.2) is 8.42 Å². The van der Waals surface area contributed by atoms with E-state index in [0.29, 0.717) is 16.2 Å². The van der Waals surface area contributed by atoms with Gasteiger partial charge in [-0.3, -0.25) is 4.79 Å². The molecule has 0 aromatic carbocycles. The maximum atomic E-state index is 12.1. The molecule has 1 aromatic rings. The molecule has 10 heteroatoms. The molecular formula is C8H7ClF3NO3S2. The standard InChI is InChI=1S/C8H7ClF3NO3S2/c1-13(4-8(10,11)12)7(14)5-2-6(17-3-5)18(9,15)16/h2-3H,4H2,1H3. The van der Waals surface area contributed by atoms with Gasteiger partial charge in [0, 0.05) is 23.1 Å². The predicted octanol–water partition coefficient (Wildman–Crippen LogP) is 2.31. The zero-order valence-corrected chi connectivity index (χ0v) is 11.3. The van der Waals surface area contributed by atoms with Crippen molar-refractivity contribution >= 4 is 37.0 Å². The maximum Gasteiger partial charge on any atom is 0.406 e. The topological polar surface area (TPSA) is 54.5 Å². The second-order valence-electron chi connectivity index (χ2n) is 3.37. The number of alkyl halides is 3. The monoisotopic (exact) mass is 321 g/mol. The van der Waals surface area contributed by atoms with Gasteiger partial charge in [0.25, 0.3) is 15.0 Å². The molecule has 0 spiro atoms. The van der Waals surface area contributed by atoms with Crippen molar-refractivity contribution in [1.82, 2.24) is 4.90 Å². The Morgan fingerprint density at radius 2 is 2.06 bits per heavy atom. The minimum atomic E-state index is -4.51. The van der Waals surface area contributed by atoms with Gasteiger partial charge in [0.15, 0.2) is 0 Å². The van der Waals surface area contributed by atoms with E-state index in [1.54, 1.807) is 0 Å². The number of rotatable bonds is 3. The van der Waals surface area contributed by atoms with Gasteiger partial charge in [-0.15, -0.1) is 11.3 Å². The summed E-state index contributed by atoms with van der Waals surface area (Å²) in [7, 11) is 2.04. The maximum absolute atomic E-state index is 12.1. The highest BCUT2D eigenvalue weighted by molar-refractivity contribution is 8.15. The molecule has 1 heterocycles. The van der Waals surface area contributed by atoms with E-state index in [9.17, 15) is 26.4 Å². The summed E-state index contributed by atoms with van der Waals surface area (Å²) >= 11 is 0.672. The van der Waals surface area contributed by atoms with Crippen LogP contribution in [-0.4, -0.2) is 39.0 Å². The normalized spacial score (nSPS) is 12.5. The molecule has 102 valence electrons. The van der Waals surface area contributed by atoms with Crippen molar-refractivity contribution in [3.63, 3.8) is 0 Å². The van der Waals surface area contributed by atoms with Gasteiger partial charge in [0.1, 0.15) is 10.8 Å². The first kappa shape index (κ1) is 15.3. The number of amides is 1. The number of hydrogen-bond acceptors (Lipinski definition) is 4. The van der Waals surface area contributed by atoms with Crippen molar-refractivity contribution < 1.29 is 26.4 Å². The van der Waals surface area contributed by atoms with Crippen LogP contribution in [0.2, 0.25) is 0 Å². The lowest BCUT2D eigenvalue weighted by Crippen LogP contribution is -2.35. The van der Waals surface area contributed by atoms with E-state index < -0.39 is 27.7 Å². The first-order chi connectivity index (χ1) is 8.00. The third-order valence-corrected chi connectivity index (χ3v) is 4.87. The van der Waals surface area contributed by atoms with Gasteiger partial charge in [-0.05, 0) is 6.07 Å². The molecule has 0 radical (unpaired) electrons. The molecule has 18 heavy (non-hydrogen) atoms. The Hall–Kier alpha value is -0.800. The minimum Gasteiger partial charge on any atom is -0.333 e. The van der Waals surface area contributed by atoms with Gasteiger partial charge >= 0.3 is 6.18 Å². The Bertz CT molecular complexity index is 552. The number of thiophene rings is 1. The molecule has 4 nitrogen and oxygen atoms in total. The van der Waals surface area contributed by atoms with E-state index >= 15 is 0 Å². The molecule has 1 amide bonds. The second-order valence-corrected chi connectivity index (χ2v) is 7.07. The Morgan fingerprint density at radius 3 is 2.44 bits per heavy atom. The van der Waals surface area contributed by atoms with Crippen molar-refractivity contribution in [2.75, 3.05) is 13.6 Å². The van der Waals surface area contributed by atoms with E-state index in [-0.39, 0.29) is 9.77 Å². The van der Waals surface area contributed by atoms with Crippen LogP contribution in [0.15, 0.2) is 15.7 Å². The van der Waals surface area contributed by atoms with Crippen molar-refractivity contribution in [1.29, 1.82) is 0 Å². The van der Waals surface area contributed by atoms with Crippen LogP contribution in [0.25, 0.3) is 0 Å². The van der Waals surface area contributed by atoms with Gasteiger partial charge < -0.3 is 4.90 Å². The summed E-state index contributed by atoms with van der Waals surface area (Å²) in [4.78, 5) is 12.0. The van der Waals surface area contributed by atoms with E-state index in [1.807, 2.05) is 0 Å². The predicted molar refractivity (Wildman–Crippen MR) is 60.4 cm³/mol. The van der Waals surface area contributed by atoms with E-state index in [4.69, 9.17) is 10.7 Å². The summed E-state index contributed by atoms with van der Waals surface area (Å²) in [6.45, 7) is -1.41. The van der Waals surface area contributed by atoms with Crippen LogP contribution in [0.5, 0.6) is 0 Å². The molecule has 0 aliphatic heterocycles. The Morgan fingerprint density at radius 1 is 1.50 bits per heavy atom. The minimum absolute atomic E-state index is 0.147. The van der Waals surface area contributed by atoms with Crippen LogP contribution < -0.4 is 0 Å². The Labute approximate surface area is 109 Å². The molecule has 0 bridgehead atoms. The molecule has 0 saturated carbocycles. The van der Waals surface area contributed by atoms with E-state index in [0.717, 1.165) is 18.5 Å². The third-order valence-electron chi connectivity index (χ3n) is 1.83. The van der Waals surface area contributed by atoms with Crippen LogP contribution >= 0.6 is 22.0 Å². The van der Waals surface area contributed by atoms with Gasteiger partial charge in [0.2, 0.25) is 0 Å². The summed E-state index contributed by atoms with van der Waals surface area (Å²) in [6, 6.07) is 0.947. The largest absolute Gasteiger partial charge is 0.406 e.